The van der Waals surface area contributed by atoms with E-state index < -0.39 is 0 Å². The molecule has 0 bridgehead atoms. The van der Waals surface area contributed by atoms with Crippen LogP contribution < -0.4 is 0 Å². The Morgan fingerprint density at radius 2 is 2.00 bits per heavy atom. The van der Waals surface area contributed by atoms with Crippen molar-refractivity contribution >= 4 is 27.5 Å². The number of benzene rings is 1. The number of hydrogen-bond acceptors (Lipinski definition) is 1. The largest absolute Gasteiger partial charge is 0.336 e. The molecule has 0 saturated heterocycles. The first-order chi connectivity index (χ1) is 7.20. The van der Waals surface area contributed by atoms with Crippen LogP contribution in [0.3, 0.4) is 0 Å². The first-order valence-corrected chi connectivity index (χ1v) is 5.88. The van der Waals surface area contributed by atoms with E-state index in [2.05, 4.69) is 32.8 Å². The molecule has 0 unspecified atom stereocenters. The van der Waals surface area contributed by atoms with Gasteiger partial charge in [-0.1, -0.05) is 30.7 Å². The van der Waals surface area contributed by atoms with Gasteiger partial charge in [-0.25, -0.2) is 4.98 Å². The molecular weight excluding hydrogens is 275 g/mol. The van der Waals surface area contributed by atoms with Crippen molar-refractivity contribution in [3.63, 3.8) is 0 Å². The minimum Gasteiger partial charge on any atom is -0.336 e. The van der Waals surface area contributed by atoms with E-state index >= 15 is 0 Å². The van der Waals surface area contributed by atoms with Crippen LogP contribution in [-0.4, -0.2) is 9.97 Å². The molecule has 1 aromatic heterocycles. The van der Waals surface area contributed by atoms with Crippen LogP contribution in [0.25, 0.3) is 11.3 Å². The summed E-state index contributed by atoms with van der Waals surface area (Å²) < 4.78 is 0.768. The number of halogens is 2. The van der Waals surface area contributed by atoms with Crippen LogP contribution in [-0.2, 0) is 6.42 Å². The molecule has 0 saturated carbocycles. The fourth-order valence-electron chi connectivity index (χ4n) is 1.48. The van der Waals surface area contributed by atoms with Crippen molar-refractivity contribution in [2.24, 2.45) is 0 Å². The quantitative estimate of drug-likeness (QED) is 0.886. The molecule has 4 heteroatoms. The molecule has 0 atom stereocenters. The van der Waals surface area contributed by atoms with Crippen molar-refractivity contribution in [1.82, 2.24) is 9.97 Å². The van der Waals surface area contributed by atoms with Crippen LogP contribution >= 0.6 is 27.5 Å². The summed E-state index contributed by atoms with van der Waals surface area (Å²) in [5, 5.41) is 0.742. The molecule has 0 radical (unpaired) electrons. The fourth-order valence-corrected chi connectivity index (χ4v) is 2.02. The number of imidazole rings is 1. The SMILES string of the molecule is CCc1[nH]c(Br)nc1-c1ccc(Cl)cc1. The zero-order valence-electron chi connectivity index (χ0n) is 8.22. The molecule has 1 heterocycles. The van der Waals surface area contributed by atoms with Crippen molar-refractivity contribution in [2.75, 3.05) is 0 Å². The van der Waals surface area contributed by atoms with E-state index in [0.717, 1.165) is 33.1 Å². The molecule has 15 heavy (non-hydrogen) atoms. The highest BCUT2D eigenvalue weighted by atomic mass is 79.9. The first kappa shape index (κ1) is 10.7. The molecule has 78 valence electrons. The summed E-state index contributed by atoms with van der Waals surface area (Å²) in [4.78, 5) is 7.58. The number of nitrogens with one attached hydrogen (secondary N) is 1. The normalized spacial score (nSPS) is 10.6. The molecule has 0 amide bonds. The standard InChI is InChI=1S/C11H10BrClN2/c1-2-9-10(15-11(12)14-9)7-3-5-8(13)6-4-7/h3-6H,2H2,1H3,(H,14,15). The van der Waals surface area contributed by atoms with Crippen molar-refractivity contribution in [2.45, 2.75) is 13.3 Å². The summed E-state index contributed by atoms with van der Waals surface area (Å²) >= 11 is 9.18. The molecule has 0 aliphatic carbocycles. The Bertz CT molecular complexity index is 462. The molecular formula is C11H10BrClN2. The molecule has 0 fully saturated rings. The van der Waals surface area contributed by atoms with Gasteiger partial charge in [0.1, 0.15) is 0 Å². The first-order valence-electron chi connectivity index (χ1n) is 4.71. The highest BCUT2D eigenvalue weighted by molar-refractivity contribution is 9.10. The number of aromatic nitrogens is 2. The predicted molar refractivity (Wildman–Crippen MR) is 66.1 cm³/mol. The van der Waals surface area contributed by atoms with E-state index in [4.69, 9.17) is 11.6 Å². The zero-order valence-corrected chi connectivity index (χ0v) is 10.6. The summed E-state index contributed by atoms with van der Waals surface area (Å²) in [5.41, 5.74) is 3.20. The topological polar surface area (TPSA) is 28.7 Å². The fraction of sp³-hybridized carbons (Fsp3) is 0.182. The van der Waals surface area contributed by atoms with Crippen molar-refractivity contribution in [3.05, 3.63) is 39.7 Å². The van der Waals surface area contributed by atoms with Crippen molar-refractivity contribution in [1.29, 1.82) is 0 Å². The summed E-state index contributed by atoms with van der Waals surface area (Å²) in [5.74, 6) is 0. The molecule has 1 aromatic carbocycles. The van der Waals surface area contributed by atoms with Crippen molar-refractivity contribution < 1.29 is 0 Å². The lowest BCUT2D eigenvalue weighted by Gasteiger charge is -1.99. The Morgan fingerprint density at radius 3 is 2.60 bits per heavy atom. The highest BCUT2D eigenvalue weighted by Gasteiger charge is 2.08. The smallest absolute Gasteiger partial charge is 0.175 e. The molecule has 1 N–H and O–H groups in total. The van der Waals surface area contributed by atoms with Gasteiger partial charge in [-0.05, 0) is 34.5 Å². The third-order valence-electron chi connectivity index (χ3n) is 2.22. The van der Waals surface area contributed by atoms with E-state index in [0.29, 0.717) is 0 Å². The van der Waals surface area contributed by atoms with Crippen LogP contribution in [0.4, 0.5) is 0 Å². The number of nitrogens with zero attached hydrogens (tertiary/aromatic N) is 1. The average molecular weight is 286 g/mol. The second-order valence-electron chi connectivity index (χ2n) is 3.22. The van der Waals surface area contributed by atoms with E-state index in [1.54, 1.807) is 0 Å². The zero-order chi connectivity index (χ0) is 10.8. The van der Waals surface area contributed by atoms with Crippen LogP contribution in [0.5, 0.6) is 0 Å². The second kappa shape index (κ2) is 4.37. The number of aromatic amines is 1. The number of H-pyrrole nitrogens is 1. The molecule has 2 aromatic rings. The van der Waals surface area contributed by atoms with Gasteiger partial charge in [-0.2, -0.15) is 0 Å². The minimum atomic E-state index is 0.742. The third kappa shape index (κ3) is 2.24. The van der Waals surface area contributed by atoms with E-state index in [1.165, 1.54) is 0 Å². The maximum atomic E-state index is 5.84. The minimum absolute atomic E-state index is 0.742. The summed E-state index contributed by atoms with van der Waals surface area (Å²) in [6, 6.07) is 7.70. The van der Waals surface area contributed by atoms with Gasteiger partial charge >= 0.3 is 0 Å². The number of rotatable bonds is 2. The Kier molecular flexibility index (Phi) is 3.12. The van der Waals surface area contributed by atoms with E-state index in [1.807, 2.05) is 24.3 Å². The lowest BCUT2D eigenvalue weighted by atomic mass is 10.1. The van der Waals surface area contributed by atoms with Gasteiger partial charge in [0.05, 0.1) is 5.69 Å². The molecule has 0 aliphatic rings. The number of hydrogen-bond donors (Lipinski definition) is 1. The maximum absolute atomic E-state index is 5.84. The van der Waals surface area contributed by atoms with Crippen LogP contribution in [0.1, 0.15) is 12.6 Å². The lowest BCUT2D eigenvalue weighted by Crippen LogP contribution is -1.85. The van der Waals surface area contributed by atoms with Gasteiger partial charge in [-0.3, -0.25) is 0 Å². The van der Waals surface area contributed by atoms with Gasteiger partial charge in [0.15, 0.2) is 4.73 Å². The van der Waals surface area contributed by atoms with Crippen molar-refractivity contribution in [3.8, 4) is 11.3 Å². The van der Waals surface area contributed by atoms with Crippen LogP contribution in [0.2, 0.25) is 5.02 Å². The summed E-state index contributed by atoms with van der Waals surface area (Å²) in [6.45, 7) is 2.10. The Morgan fingerprint density at radius 1 is 1.33 bits per heavy atom. The Balaban J connectivity index is 2.48. The highest BCUT2D eigenvalue weighted by Crippen LogP contribution is 2.25. The van der Waals surface area contributed by atoms with Crippen LogP contribution in [0.15, 0.2) is 29.0 Å². The Labute approximate surface area is 102 Å². The summed E-state index contributed by atoms with van der Waals surface area (Å²) in [6.07, 6.45) is 0.927. The average Bonchev–Trinajstić information content (AvgIpc) is 2.61. The molecule has 2 rings (SSSR count). The second-order valence-corrected chi connectivity index (χ2v) is 4.40. The molecule has 0 spiro atoms. The molecule has 0 aliphatic heterocycles. The number of aryl methyl sites for hydroxylation is 1. The Hall–Kier alpha value is -0.800. The predicted octanol–water partition coefficient (Wildman–Crippen LogP) is 4.06. The van der Waals surface area contributed by atoms with Gasteiger partial charge in [0.2, 0.25) is 0 Å². The van der Waals surface area contributed by atoms with E-state index in [9.17, 15) is 0 Å². The summed E-state index contributed by atoms with van der Waals surface area (Å²) in [7, 11) is 0. The van der Waals surface area contributed by atoms with Gasteiger partial charge in [0.25, 0.3) is 0 Å². The van der Waals surface area contributed by atoms with Gasteiger partial charge in [-0.15, -0.1) is 0 Å². The lowest BCUT2D eigenvalue weighted by molar-refractivity contribution is 1.06. The van der Waals surface area contributed by atoms with Gasteiger partial charge in [0, 0.05) is 16.3 Å². The van der Waals surface area contributed by atoms with Crippen LogP contribution in [0, 0.1) is 0 Å². The third-order valence-corrected chi connectivity index (χ3v) is 2.85. The van der Waals surface area contributed by atoms with E-state index in [-0.39, 0.29) is 0 Å². The van der Waals surface area contributed by atoms with Gasteiger partial charge < -0.3 is 4.98 Å². The molecule has 2 nitrogen and oxygen atoms in total. The maximum Gasteiger partial charge on any atom is 0.175 e. The monoisotopic (exact) mass is 284 g/mol.